The van der Waals surface area contributed by atoms with E-state index in [4.69, 9.17) is 10.5 Å². The predicted octanol–water partition coefficient (Wildman–Crippen LogP) is 2.90. The van der Waals surface area contributed by atoms with Crippen LogP contribution < -0.4 is 10.5 Å². The van der Waals surface area contributed by atoms with Gasteiger partial charge in [0.25, 0.3) is 0 Å². The minimum absolute atomic E-state index is 0.764. The number of hydrogen-bond acceptors (Lipinski definition) is 3. The average molecular weight is 248 g/mol. The first kappa shape index (κ1) is 13.2. The maximum Gasteiger partial charge on any atom is 0.125 e. The fraction of sp³-hybridized carbons (Fsp3) is 0.600. The van der Waals surface area contributed by atoms with Gasteiger partial charge in [0.1, 0.15) is 5.75 Å². The molecule has 3 heteroatoms. The van der Waals surface area contributed by atoms with Crippen LogP contribution in [0, 0.1) is 5.92 Å². The zero-order valence-electron chi connectivity index (χ0n) is 11.5. The van der Waals surface area contributed by atoms with Crippen molar-refractivity contribution < 1.29 is 4.74 Å². The van der Waals surface area contributed by atoms with Crippen molar-refractivity contribution in [3.63, 3.8) is 0 Å². The van der Waals surface area contributed by atoms with E-state index in [-0.39, 0.29) is 0 Å². The number of likely N-dealkylation sites (tertiary alicyclic amines) is 1. The molecule has 0 aromatic heterocycles. The Morgan fingerprint density at radius 2 is 2.06 bits per heavy atom. The molecular weight excluding hydrogens is 224 g/mol. The van der Waals surface area contributed by atoms with E-state index < -0.39 is 0 Å². The molecule has 1 saturated heterocycles. The molecule has 3 nitrogen and oxygen atoms in total. The summed E-state index contributed by atoms with van der Waals surface area (Å²) in [5, 5.41) is 0. The molecule has 2 rings (SSSR count). The molecule has 1 aliphatic heterocycles. The number of ether oxygens (including phenoxy) is 1. The summed E-state index contributed by atoms with van der Waals surface area (Å²) in [6.45, 7) is 5.67. The fourth-order valence-electron chi connectivity index (χ4n) is 2.69. The SMILES string of the molecule is CCC1CCN(Cc2ccc(N)cc2OC)CC1. The van der Waals surface area contributed by atoms with Crippen molar-refractivity contribution in [2.75, 3.05) is 25.9 Å². The van der Waals surface area contributed by atoms with Crippen LogP contribution in [-0.4, -0.2) is 25.1 Å². The Morgan fingerprint density at radius 3 is 2.67 bits per heavy atom. The van der Waals surface area contributed by atoms with Gasteiger partial charge in [-0.2, -0.15) is 0 Å². The predicted molar refractivity (Wildman–Crippen MR) is 75.7 cm³/mol. The Labute approximate surface area is 110 Å². The van der Waals surface area contributed by atoms with Gasteiger partial charge in [-0.1, -0.05) is 19.4 Å². The molecule has 0 amide bonds. The molecule has 1 aromatic carbocycles. The van der Waals surface area contributed by atoms with Crippen molar-refractivity contribution in [3.8, 4) is 5.75 Å². The van der Waals surface area contributed by atoms with E-state index in [9.17, 15) is 0 Å². The third kappa shape index (κ3) is 3.16. The molecule has 0 aliphatic carbocycles. The Balaban J connectivity index is 1.97. The molecule has 1 heterocycles. The van der Waals surface area contributed by atoms with Crippen molar-refractivity contribution in [3.05, 3.63) is 23.8 Å². The zero-order valence-corrected chi connectivity index (χ0v) is 11.5. The van der Waals surface area contributed by atoms with Gasteiger partial charge in [-0.25, -0.2) is 0 Å². The Hall–Kier alpha value is -1.22. The first-order chi connectivity index (χ1) is 8.72. The van der Waals surface area contributed by atoms with Gasteiger partial charge in [-0.15, -0.1) is 0 Å². The summed E-state index contributed by atoms with van der Waals surface area (Å²) in [6, 6.07) is 5.95. The van der Waals surface area contributed by atoms with Gasteiger partial charge in [0, 0.05) is 23.9 Å². The molecule has 2 N–H and O–H groups in total. The summed E-state index contributed by atoms with van der Waals surface area (Å²) in [5.74, 6) is 1.84. The first-order valence-corrected chi connectivity index (χ1v) is 6.87. The van der Waals surface area contributed by atoms with Crippen molar-refractivity contribution in [1.29, 1.82) is 0 Å². The summed E-state index contributed by atoms with van der Waals surface area (Å²) < 4.78 is 5.40. The van der Waals surface area contributed by atoms with Crippen molar-refractivity contribution in [1.82, 2.24) is 4.90 Å². The lowest BCUT2D eigenvalue weighted by Crippen LogP contribution is -2.33. The van der Waals surface area contributed by atoms with Crippen LogP contribution in [0.5, 0.6) is 5.75 Å². The molecule has 100 valence electrons. The monoisotopic (exact) mass is 248 g/mol. The number of nitrogens with zero attached hydrogens (tertiary/aromatic N) is 1. The van der Waals surface area contributed by atoms with Crippen LogP contribution >= 0.6 is 0 Å². The summed E-state index contributed by atoms with van der Waals surface area (Å²) in [4.78, 5) is 2.51. The van der Waals surface area contributed by atoms with Gasteiger partial charge in [-0.05, 0) is 37.9 Å². The lowest BCUT2D eigenvalue weighted by atomic mass is 9.94. The number of piperidine rings is 1. The van der Waals surface area contributed by atoms with E-state index in [2.05, 4.69) is 17.9 Å². The van der Waals surface area contributed by atoms with Gasteiger partial charge in [0.15, 0.2) is 0 Å². The normalized spacial score (nSPS) is 17.9. The number of anilines is 1. The standard InChI is InChI=1S/C15H24N2O/c1-3-12-6-8-17(9-7-12)11-13-4-5-14(16)10-15(13)18-2/h4-5,10,12H,3,6-9,11,16H2,1-2H3. The lowest BCUT2D eigenvalue weighted by molar-refractivity contribution is 0.173. The molecule has 0 unspecified atom stereocenters. The van der Waals surface area contributed by atoms with Crippen molar-refractivity contribution >= 4 is 5.69 Å². The molecule has 1 aliphatic rings. The number of nitrogen functional groups attached to an aromatic ring is 1. The van der Waals surface area contributed by atoms with E-state index in [1.165, 1.54) is 37.9 Å². The second kappa shape index (κ2) is 6.10. The van der Waals surface area contributed by atoms with E-state index in [0.29, 0.717) is 0 Å². The topological polar surface area (TPSA) is 38.5 Å². The number of hydrogen-bond donors (Lipinski definition) is 1. The number of benzene rings is 1. The number of nitrogens with two attached hydrogens (primary N) is 1. The number of methoxy groups -OCH3 is 1. The maximum absolute atomic E-state index is 5.78. The summed E-state index contributed by atoms with van der Waals surface area (Å²) in [5.41, 5.74) is 7.78. The largest absolute Gasteiger partial charge is 0.496 e. The maximum atomic E-state index is 5.78. The number of rotatable bonds is 4. The molecule has 1 aromatic rings. The van der Waals surface area contributed by atoms with E-state index in [0.717, 1.165) is 23.9 Å². The van der Waals surface area contributed by atoms with Gasteiger partial charge in [-0.3, -0.25) is 4.90 Å². The molecule has 0 spiro atoms. The average Bonchev–Trinajstić information content (AvgIpc) is 2.41. The zero-order chi connectivity index (χ0) is 13.0. The van der Waals surface area contributed by atoms with Crippen LogP contribution in [0.4, 0.5) is 5.69 Å². The molecule has 18 heavy (non-hydrogen) atoms. The van der Waals surface area contributed by atoms with Crippen LogP contribution in [0.3, 0.4) is 0 Å². The summed E-state index contributed by atoms with van der Waals surface area (Å²) in [7, 11) is 1.71. The second-order valence-electron chi connectivity index (χ2n) is 5.20. The highest BCUT2D eigenvalue weighted by atomic mass is 16.5. The van der Waals surface area contributed by atoms with Gasteiger partial charge in [0.2, 0.25) is 0 Å². The minimum Gasteiger partial charge on any atom is -0.496 e. The highest BCUT2D eigenvalue weighted by Crippen LogP contribution is 2.26. The fourth-order valence-corrected chi connectivity index (χ4v) is 2.69. The Bertz CT molecular complexity index is 384. The van der Waals surface area contributed by atoms with Crippen LogP contribution in [-0.2, 0) is 6.54 Å². The second-order valence-corrected chi connectivity index (χ2v) is 5.20. The quantitative estimate of drug-likeness (QED) is 0.833. The third-order valence-corrected chi connectivity index (χ3v) is 3.99. The third-order valence-electron chi connectivity index (χ3n) is 3.99. The van der Waals surface area contributed by atoms with Crippen LogP contribution in [0.1, 0.15) is 31.7 Å². The van der Waals surface area contributed by atoms with Crippen LogP contribution in [0.25, 0.3) is 0 Å². The van der Waals surface area contributed by atoms with Gasteiger partial charge < -0.3 is 10.5 Å². The molecular formula is C15H24N2O. The first-order valence-electron chi connectivity index (χ1n) is 6.87. The highest BCUT2D eigenvalue weighted by Gasteiger charge is 2.18. The van der Waals surface area contributed by atoms with Crippen molar-refractivity contribution in [2.45, 2.75) is 32.7 Å². The van der Waals surface area contributed by atoms with Crippen LogP contribution in [0.2, 0.25) is 0 Å². The molecule has 0 radical (unpaired) electrons. The summed E-state index contributed by atoms with van der Waals surface area (Å²) in [6.07, 6.45) is 3.97. The van der Waals surface area contributed by atoms with Gasteiger partial charge >= 0.3 is 0 Å². The van der Waals surface area contributed by atoms with Crippen molar-refractivity contribution in [2.24, 2.45) is 5.92 Å². The molecule has 0 atom stereocenters. The summed E-state index contributed by atoms with van der Waals surface area (Å²) >= 11 is 0. The Morgan fingerprint density at radius 1 is 1.33 bits per heavy atom. The molecule has 1 fully saturated rings. The molecule has 0 saturated carbocycles. The van der Waals surface area contributed by atoms with Gasteiger partial charge in [0.05, 0.1) is 7.11 Å². The minimum atomic E-state index is 0.764. The van der Waals surface area contributed by atoms with Crippen LogP contribution in [0.15, 0.2) is 18.2 Å². The lowest BCUT2D eigenvalue weighted by Gasteiger charge is -2.31. The molecule has 0 bridgehead atoms. The van der Waals surface area contributed by atoms with E-state index >= 15 is 0 Å². The Kier molecular flexibility index (Phi) is 4.48. The smallest absolute Gasteiger partial charge is 0.125 e. The van der Waals surface area contributed by atoms with E-state index in [1.807, 2.05) is 12.1 Å². The highest BCUT2D eigenvalue weighted by molar-refractivity contribution is 5.48. The van der Waals surface area contributed by atoms with E-state index in [1.54, 1.807) is 7.11 Å².